The molecule has 8 nitrogen and oxygen atoms in total. The molecule has 0 radical (unpaired) electrons. The average molecular weight is 413 g/mol. The lowest BCUT2D eigenvalue weighted by Crippen LogP contribution is -2.39. The molecule has 1 unspecified atom stereocenters. The molecule has 0 aromatic carbocycles. The standard InChI is InChI=1S/C22H32N6O2/c1-22(2,3)20(30)27-12-6-7-18(27)19-16(15-24-28(19)13-14-29)17-8-9-23-21(25-17)26-10-4-5-11-26/h8-9,15,18,29H,4-7,10-14H2,1-3H3. The van der Waals surface area contributed by atoms with Crippen LogP contribution in [0.4, 0.5) is 5.95 Å². The van der Waals surface area contributed by atoms with E-state index < -0.39 is 5.41 Å². The van der Waals surface area contributed by atoms with Crippen molar-refractivity contribution in [1.82, 2.24) is 24.6 Å². The molecular formula is C22H32N6O2. The summed E-state index contributed by atoms with van der Waals surface area (Å²) in [6.07, 6.45) is 7.79. The fourth-order valence-corrected chi connectivity index (χ4v) is 4.51. The van der Waals surface area contributed by atoms with Crippen LogP contribution in [-0.2, 0) is 11.3 Å². The number of aliphatic hydroxyl groups is 1. The summed E-state index contributed by atoms with van der Waals surface area (Å²) in [6.45, 7) is 8.99. The molecule has 1 amide bonds. The molecule has 2 aromatic rings. The van der Waals surface area contributed by atoms with Crippen molar-refractivity contribution in [2.45, 2.75) is 59.0 Å². The summed E-state index contributed by atoms with van der Waals surface area (Å²) in [4.78, 5) is 26.7. The molecule has 2 saturated heterocycles. The van der Waals surface area contributed by atoms with Crippen LogP contribution in [0.3, 0.4) is 0 Å². The Labute approximate surface area is 177 Å². The van der Waals surface area contributed by atoms with Crippen molar-refractivity contribution in [2.24, 2.45) is 5.41 Å². The number of amides is 1. The number of rotatable bonds is 5. The molecule has 2 aliphatic rings. The average Bonchev–Trinajstić information content (AvgIpc) is 3.47. The summed E-state index contributed by atoms with van der Waals surface area (Å²) in [5, 5.41) is 14.1. The second kappa shape index (κ2) is 8.34. The maximum absolute atomic E-state index is 13.1. The molecule has 0 saturated carbocycles. The maximum atomic E-state index is 13.1. The van der Waals surface area contributed by atoms with Gasteiger partial charge in [0.25, 0.3) is 0 Å². The highest BCUT2D eigenvalue weighted by Crippen LogP contribution is 2.39. The van der Waals surface area contributed by atoms with Crippen LogP contribution < -0.4 is 4.90 Å². The number of nitrogens with zero attached hydrogens (tertiary/aromatic N) is 6. The number of hydrogen-bond acceptors (Lipinski definition) is 6. The number of carbonyl (C=O) groups excluding carboxylic acids is 1. The third-order valence-electron chi connectivity index (χ3n) is 5.97. The fraction of sp³-hybridized carbons (Fsp3) is 0.636. The number of likely N-dealkylation sites (tertiary alicyclic amines) is 1. The molecule has 30 heavy (non-hydrogen) atoms. The quantitative estimate of drug-likeness (QED) is 0.812. The van der Waals surface area contributed by atoms with Crippen LogP contribution in [0.25, 0.3) is 11.3 Å². The monoisotopic (exact) mass is 412 g/mol. The number of aliphatic hydroxyl groups excluding tert-OH is 1. The molecule has 8 heteroatoms. The van der Waals surface area contributed by atoms with Crippen molar-refractivity contribution in [3.63, 3.8) is 0 Å². The zero-order valence-electron chi connectivity index (χ0n) is 18.2. The zero-order valence-corrected chi connectivity index (χ0v) is 18.2. The van der Waals surface area contributed by atoms with Gasteiger partial charge < -0.3 is 14.9 Å². The summed E-state index contributed by atoms with van der Waals surface area (Å²) in [5.74, 6) is 0.896. The Kier molecular flexibility index (Phi) is 5.77. The Morgan fingerprint density at radius 1 is 1.20 bits per heavy atom. The van der Waals surface area contributed by atoms with Crippen LogP contribution >= 0.6 is 0 Å². The van der Waals surface area contributed by atoms with Gasteiger partial charge in [-0.3, -0.25) is 9.48 Å². The predicted molar refractivity (Wildman–Crippen MR) is 115 cm³/mol. The van der Waals surface area contributed by atoms with Gasteiger partial charge in [0.15, 0.2) is 0 Å². The lowest BCUT2D eigenvalue weighted by molar-refractivity contribution is -0.140. The highest BCUT2D eigenvalue weighted by molar-refractivity contribution is 5.82. The first-order valence-electron chi connectivity index (χ1n) is 11.0. The second-order valence-corrected chi connectivity index (χ2v) is 9.23. The number of hydrogen-bond donors (Lipinski definition) is 1. The van der Waals surface area contributed by atoms with E-state index in [1.807, 2.05) is 42.6 Å². The van der Waals surface area contributed by atoms with Crippen LogP contribution in [-0.4, -0.2) is 61.9 Å². The largest absolute Gasteiger partial charge is 0.394 e. The number of aromatic nitrogens is 4. The van der Waals surface area contributed by atoms with E-state index >= 15 is 0 Å². The number of carbonyl (C=O) groups is 1. The minimum absolute atomic E-state index is 0.00312. The van der Waals surface area contributed by atoms with Crippen LogP contribution in [0.15, 0.2) is 18.5 Å². The van der Waals surface area contributed by atoms with Gasteiger partial charge in [0.1, 0.15) is 0 Å². The minimum atomic E-state index is -0.442. The van der Waals surface area contributed by atoms with E-state index in [9.17, 15) is 9.90 Å². The van der Waals surface area contributed by atoms with Crippen LogP contribution in [0, 0.1) is 5.41 Å². The molecule has 0 bridgehead atoms. The first-order valence-corrected chi connectivity index (χ1v) is 11.0. The second-order valence-electron chi connectivity index (χ2n) is 9.23. The first kappa shape index (κ1) is 20.8. The zero-order chi connectivity index (χ0) is 21.3. The predicted octanol–water partition coefficient (Wildman–Crippen LogP) is 2.64. The highest BCUT2D eigenvalue weighted by atomic mass is 16.3. The van der Waals surface area contributed by atoms with Gasteiger partial charge >= 0.3 is 0 Å². The fourth-order valence-electron chi connectivity index (χ4n) is 4.51. The molecule has 4 heterocycles. The van der Waals surface area contributed by atoms with Crippen molar-refractivity contribution in [1.29, 1.82) is 0 Å². The van der Waals surface area contributed by atoms with E-state index in [0.29, 0.717) is 6.54 Å². The topological polar surface area (TPSA) is 87.4 Å². The van der Waals surface area contributed by atoms with E-state index in [2.05, 4.69) is 15.0 Å². The normalized spacial score (nSPS) is 19.7. The van der Waals surface area contributed by atoms with Gasteiger partial charge in [0, 0.05) is 36.8 Å². The lowest BCUT2D eigenvalue weighted by Gasteiger charge is -2.31. The minimum Gasteiger partial charge on any atom is -0.394 e. The Morgan fingerprint density at radius 3 is 2.67 bits per heavy atom. The molecule has 1 N–H and O–H groups in total. The summed E-state index contributed by atoms with van der Waals surface area (Å²) in [7, 11) is 0. The number of anilines is 1. The van der Waals surface area contributed by atoms with Crippen LogP contribution in [0.5, 0.6) is 0 Å². The molecular weight excluding hydrogens is 380 g/mol. The van der Waals surface area contributed by atoms with Crippen molar-refractivity contribution < 1.29 is 9.90 Å². The molecule has 1 atom stereocenters. The van der Waals surface area contributed by atoms with E-state index in [1.54, 1.807) is 6.20 Å². The molecule has 2 aromatic heterocycles. The summed E-state index contributed by atoms with van der Waals surface area (Å²) >= 11 is 0. The smallest absolute Gasteiger partial charge is 0.228 e. The van der Waals surface area contributed by atoms with Gasteiger partial charge in [-0.05, 0) is 31.7 Å². The lowest BCUT2D eigenvalue weighted by atomic mass is 9.93. The summed E-state index contributed by atoms with van der Waals surface area (Å²) in [6, 6.07) is 1.85. The SMILES string of the molecule is CC(C)(C)C(=O)N1CCCC1c1c(-c2ccnc(N3CCCC3)n2)cnn1CCO. The summed E-state index contributed by atoms with van der Waals surface area (Å²) in [5.41, 5.74) is 2.26. The van der Waals surface area contributed by atoms with Crippen LogP contribution in [0.1, 0.15) is 58.2 Å². The van der Waals surface area contributed by atoms with Gasteiger partial charge in [-0.25, -0.2) is 9.97 Å². The highest BCUT2D eigenvalue weighted by Gasteiger charge is 2.38. The Hall–Kier alpha value is -2.48. The molecule has 162 valence electrons. The maximum Gasteiger partial charge on any atom is 0.228 e. The van der Waals surface area contributed by atoms with Crippen LogP contribution in [0.2, 0.25) is 0 Å². The van der Waals surface area contributed by atoms with Crippen molar-refractivity contribution in [3.05, 3.63) is 24.2 Å². The Bertz CT molecular complexity index is 897. The molecule has 2 fully saturated rings. The van der Waals surface area contributed by atoms with Gasteiger partial charge in [0.05, 0.1) is 36.8 Å². The molecule has 2 aliphatic heterocycles. The third-order valence-corrected chi connectivity index (χ3v) is 5.97. The van der Waals surface area contributed by atoms with E-state index in [0.717, 1.165) is 55.4 Å². The van der Waals surface area contributed by atoms with Gasteiger partial charge in [0.2, 0.25) is 11.9 Å². The van der Waals surface area contributed by atoms with Gasteiger partial charge in [-0.15, -0.1) is 0 Å². The Morgan fingerprint density at radius 2 is 1.97 bits per heavy atom. The van der Waals surface area contributed by atoms with Crippen molar-refractivity contribution in [2.75, 3.05) is 31.1 Å². The third kappa shape index (κ3) is 3.93. The van der Waals surface area contributed by atoms with Crippen molar-refractivity contribution in [3.8, 4) is 11.3 Å². The first-order chi connectivity index (χ1) is 14.4. The van der Waals surface area contributed by atoms with E-state index in [-0.39, 0.29) is 18.6 Å². The van der Waals surface area contributed by atoms with Crippen molar-refractivity contribution >= 4 is 11.9 Å². The summed E-state index contributed by atoms with van der Waals surface area (Å²) < 4.78 is 1.84. The molecule has 0 aliphatic carbocycles. The Balaban J connectivity index is 1.74. The van der Waals surface area contributed by atoms with Gasteiger partial charge in [-0.2, -0.15) is 5.10 Å². The van der Waals surface area contributed by atoms with Gasteiger partial charge in [-0.1, -0.05) is 20.8 Å². The van der Waals surface area contributed by atoms with E-state index in [4.69, 9.17) is 4.98 Å². The molecule has 0 spiro atoms. The molecule has 4 rings (SSSR count). The van der Waals surface area contributed by atoms with E-state index in [1.165, 1.54) is 12.8 Å².